The number of ether oxygens (including phenoxy) is 1. The van der Waals surface area contributed by atoms with Crippen molar-refractivity contribution in [3.8, 4) is 0 Å². The molecule has 0 fully saturated rings. The van der Waals surface area contributed by atoms with Crippen LogP contribution >= 0.6 is 24.2 Å². The summed E-state index contributed by atoms with van der Waals surface area (Å²) in [6, 6.07) is -0.496. The average molecular weight is 242 g/mol. The highest BCUT2D eigenvalue weighted by Crippen LogP contribution is 2.23. The summed E-state index contributed by atoms with van der Waals surface area (Å²) in [6.45, 7) is 8.45. The highest BCUT2D eigenvalue weighted by atomic mass is 35.5. The van der Waals surface area contributed by atoms with E-state index in [2.05, 4.69) is 20.8 Å². The molecule has 0 spiro atoms. The van der Waals surface area contributed by atoms with Crippen molar-refractivity contribution in [3.63, 3.8) is 0 Å². The molecule has 0 saturated carbocycles. The van der Waals surface area contributed by atoms with E-state index in [1.54, 1.807) is 18.7 Å². The zero-order valence-corrected chi connectivity index (χ0v) is 10.8. The maximum absolute atomic E-state index is 11.1. The minimum atomic E-state index is -0.496. The molecule has 1 atom stereocenters. The molecule has 0 aromatic heterocycles. The Labute approximate surface area is 96.5 Å². The summed E-state index contributed by atoms with van der Waals surface area (Å²) in [6.07, 6.45) is 0. The normalized spacial score (nSPS) is 12.9. The van der Waals surface area contributed by atoms with Gasteiger partial charge in [0.2, 0.25) is 0 Å². The van der Waals surface area contributed by atoms with Crippen LogP contribution in [-0.4, -0.2) is 29.1 Å². The van der Waals surface area contributed by atoms with Gasteiger partial charge < -0.3 is 10.5 Å². The van der Waals surface area contributed by atoms with Crippen LogP contribution < -0.4 is 5.73 Å². The van der Waals surface area contributed by atoms with Crippen LogP contribution in [0, 0.1) is 0 Å². The van der Waals surface area contributed by atoms with E-state index in [1.807, 2.05) is 0 Å². The highest BCUT2D eigenvalue weighted by molar-refractivity contribution is 8.00. The fourth-order valence-corrected chi connectivity index (χ4v) is 1.47. The fourth-order valence-electron chi connectivity index (χ4n) is 0.657. The van der Waals surface area contributed by atoms with Crippen LogP contribution in [0.15, 0.2) is 0 Å². The van der Waals surface area contributed by atoms with Gasteiger partial charge in [0.15, 0.2) is 0 Å². The van der Waals surface area contributed by atoms with Crippen LogP contribution in [0.2, 0.25) is 0 Å². The van der Waals surface area contributed by atoms with Crippen molar-refractivity contribution in [1.29, 1.82) is 0 Å². The Morgan fingerprint density at radius 3 is 2.36 bits per heavy atom. The van der Waals surface area contributed by atoms with Crippen molar-refractivity contribution >= 4 is 30.1 Å². The summed E-state index contributed by atoms with van der Waals surface area (Å²) in [5.41, 5.74) is 5.62. The molecule has 2 N–H and O–H groups in total. The van der Waals surface area contributed by atoms with E-state index in [1.165, 1.54) is 0 Å². The van der Waals surface area contributed by atoms with Gasteiger partial charge in [-0.3, -0.25) is 4.79 Å². The van der Waals surface area contributed by atoms with Gasteiger partial charge in [-0.15, -0.1) is 12.4 Å². The van der Waals surface area contributed by atoms with Crippen LogP contribution in [0.3, 0.4) is 0 Å². The Balaban J connectivity index is 0. The quantitative estimate of drug-likeness (QED) is 0.763. The molecule has 1 unspecified atom stereocenters. The first-order valence-electron chi connectivity index (χ1n) is 4.43. The standard InChI is InChI=1S/C9H19NO2S.ClH/c1-5-12-8(11)7(10)6-13-9(2,3)4;/h7H,5-6,10H2,1-4H3;1H. The second kappa shape index (κ2) is 7.37. The zero-order valence-electron chi connectivity index (χ0n) is 9.20. The number of carbonyl (C=O) groups excluding carboxylic acids is 1. The topological polar surface area (TPSA) is 52.3 Å². The third-order valence-electron chi connectivity index (χ3n) is 1.29. The van der Waals surface area contributed by atoms with Crippen LogP contribution in [0.5, 0.6) is 0 Å². The van der Waals surface area contributed by atoms with Crippen LogP contribution in [-0.2, 0) is 9.53 Å². The average Bonchev–Trinajstić information content (AvgIpc) is 1.99. The lowest BCUT2D eigenvalue weighted by atomic mass is 10.3. The largest absolute Gasteiger partial charge is 0.465 e. The lowest BCUT2D eigenvalue weighted by Crippen LogP contribution is -2.35. The maximum Gasteiger partial charge on any atom is 0.323 e. The summed E-state index contributed by atoms with van der Waals surface area (Å²) in [5, 5.41) is 0. The molecule has 0 bridgehead atoms. The number of thioether (sulfide) groups is 1. The summed E-state index contributed by atoms with van der Waals surface area (Å²) in [7, 11) is 0. The molecule has 14 heavy (non-hydrogen) atoms. The molecule has 0 aromatic rings. The van der Waals surface area contributed by atoms with Gasteiger partial charge >= 0.3 is 5.97 Å². The molecule has 0 aliphatic heterocycles. The van der Waals surface area contributed by atoms with Crippen LogP contribution in [0.1, 0.15) is 27.7 Å². The highest BCUT2D eigenvalue weighted by Gasteiger charge is 2.18. The Hall–Kier alpha value is 0.0700. The van der Waals surface area contributed by atoms with E-state index in [-0.39, 0.29) is 23.1 Å². The van der Waals surface area contributed by atoms with E-state index in [9.17, 15) is 4.79 Å². The van der Waals surface area contributed by atoms with Gasteiger partial charge in [0, 0.05) is 10.5 Å². The second-order valence-corrected chi connectivity index (χ2v) is 5.63. The predicted octanol–water partition coefficient (Wildman–Crippen LogP) is 1.83. The van der Waals surface area contributed by atoms with E-state index < -0.39 is 6.04 Å². The molecular formula is C9H20ClNO2S. The van der Waals surface area contributed by atoms with Crippen LogP contribution in [0.4, 0.5) is 0 Å². The molecule has 0 amide bonds. The lowest BCUT2D eigenvalue weighted by Gasteiger charge is -2.19. The van der Waals surface area contributed by atoms with E-state index in [0.717, 1.165) is 0 Å². The van der Waals surface area contributed by atoms with Gasteiger partial charge in [-0.2, -0.15) is 11.8 Å². The first-order chi connectivity index (χ1) is 5.87. The Morgan fingerprint density at radius 1 is 1.50 bits per heavy atom. The third-order valence-corrected chi connectivity index (χ3v) is 2.68. The van der Waals surface area contributed by atoms with Crippen molar-refractivity contribution in [2.75, 3.05) is 12.4 Å². The number of rotatable bonds is 4. The van der Waals surface area contributed by atoms with Crippen molar-refractivity contribution in [3.05, 3.63) is 0 Å². The number of halogens is 1. The van der Waals surface area contributed by atoms with Crippen molar-refractivity contribution in [2.45, 2.75) is 38.5 Å². The first kappa shape index (κ1) is 16.5. The van der Waals surface area contributed by atoms with E-state index >= 15 is 0 Å². The summed E-state index contributed by atoms with van der Waals surface area (Å²) >= 11 is 1.67. The van der Waals surface area contributed by atoms with Crippen molar-refractivity contribution in [1.82, 2.24) is 0 Å². The van der Waals surface area contributed by atoms with Crippen molar-refractivity contribution < 1.29 is 9.53 Å². The molecule has 0 heterocycles. The molecule has 0 aliphatic carbocycles. The number of esters is 1. The van der Waals surface area contributed by atoms with Gasteiger partial charge in [-0.1, -0.05) is 20.8 Å². The molecule has 0 aromatic carbocycles. The molecule has 3 nitrogen and oxygen atoms in total. The summed E-state index contributed by atoms with van der Waals surface area (Å²) in [4.78, 5) is 11.1. The summed E-state index contributed by atoms with van der Waals surface area (Å²) in [5.74, 6) is 0.307. The predicted molar refractivity (Wildman–Crippen MR) is 64.1 cm³/mol. The van der Waals surface area contributed by atoms with Gasteiger partial charge in [-0.25, -0.2) is 0 Å². The fraction of sp³-hybridized carbons (Fsp3) is 0.889. The van der Waals surface area contributed by atoms with Crippen LogP contribution in [0.25, 0.3) is 0 Å². The van der Waals surface area contributed by atoms with E-state index in [0.29, 0.717) is 12.4 Å². The lowest BCUT2D eigenvalue weighted by molar-refractivity contribution is -0.144. The molecule has 0 aliphatic rings. The number of hydrogen-bond acceptors (Lipinski definition) is 4. The monoisotopic (exact) mass is 241 g/mol. The number of hydrogen-bond donors (Lipinski definition) is 1. The van der Waals surface area contributed by atoms with Gasteiger partial charge in [0.25, 0.3) is 0 Å². The minimum absolute atomic E-state index is 0. The summed E-state index contributed by atoms with van der Waals surface area (Å²) < 4.78 is 4.93. The Kier molecular flexibility index (Phi) is 8.69. The molecule has 86 valence electrons. The number of carbonyl (C=O) groups is 1. The molecule has 0 rings (SSSR count). The minimum Gasteiger partial charge on any atom is -0.465 e. The molecular weight excluding hydrogens is 222 g/mol. The molecule has 0 saturated heterocycles. The molecule has 5 heteroatoms. The number of nitrogens with two attached hydrogens (primary N) is 1. The zero-order chi connectivity index (χ0) is 10.5. The second-order valence-electron chi connectivity index (χ2n) is 3.78. The molecule has 0 radical (unpaired) electrons. The Bertz CT molecular complexity index is 171. The maximum atomic E-state index is 11.1. The van der Waals surface area contributed by atoms with Gasteiger partial charge in [0.1, 0.15) is 6.04 Å². The van der Waals surface area contributed by atoms with E-state index in [4.69, 9.17) is 10.5 Å². The van der Waals surface area contributed by atoms with Gasteiger partial charge in [-0.05, 0) is 6.92 Å². The smallest absolute Gasteiger partial charge is 0.323 e. The first-order valence-corrected chi connectivity index (χ1v) is 5.41. The Morgan fingerprint density at radius 2 is 2.00 bits per heavy atom. The van der Waals surface area contributed by atoms with Gasteiger partial charge in [0.05, 0.1) is 6.61 Å². The third kappa shape index (κ3) is 8.66. The van der Waals surface area contributed by atoms with Crippen molar-refractivity contribution in [2.24, 2.45) is 5.73 Å². The SMILES string of the molecule is CCOC(=O)C(N)CSC(C)(C)C.Cl.